The van der Waals surface area contributed by atoms with E-state index in [-0.39, 0.29) is 6.54 Å². The number of halogens is 1. The van der Waals surface area contributed by atoms with Crippen LogP contribution in [0.25, 0.3) is 0 Å². The van der Waals surface area contributed by atoms with Crippen LogP contribution in [-0.4, -0.2) is 45.4 Å². The summed E-state index contributed by atoms with van der Waals surface area (Å²) in [5.74, 6) is 0.692. The number of ether oxygens (including phenoxy) is 3. The van der Waals surface area contributed by atoms with Crippen LogP contribution in [0.1, 0.15) is 22.8 Å². The van der Waals surface area contributed by atoms with Crippen molar-refractivity contribution in [3.05, 3.63) is 52.0 Å². The largest absolute Gasteiger partial charge is 0.493 e. The lowest BCUT2D eigenvalue weighted by Crippen LogP contribution is -2.34. The van der Waals surface area contributed by atoms with Crippen molar-refractivity contribution in [3.63, 3.8) is 0 Å². The van der Waals surface area contributed by atoms with E-state index in [9.17, 15) is 9.59 Å². The first-order valence-corrected chi connectivity index (χ1v) is 9.52. The van der Waals surface area contributed by atoms with Gasteiger partial charge in [0.05, 0.1) is 33.6 Å². The van der Waals surface area contributed by atoms with E-state index >= 15 is 0 Å². The third-order valence-corrected chi connectivity index (χ3v) is 4.21. The van der Waals surface area contributed by atoms with Crippen LogP contribution in [-0.2, 0) is 4.79 Å². The van der Waals surface area contributed by atoms with E-state index in [1.807, 2.05) is 19.1 Å². The topological polar surface area (TPSA) is 98.2 Å². The summed E-state index contributed by atoms with van der Waals surface area (Å²) < 4.78 is 16.7. The lowest BCUT2D eigenvalue weighted by molar-refractivity contribution is -0.120. The quantitative estimate of drug-likeness (QED) is 0.440. The van der Waals surface area contributed by atoms with Crippen molar-refractivity contribution in [2.45, 2.75) is 6.92 Å². The van der Waals surface area contributed by atoms with Gasteiger partial charge in [-0.25, -0.2) is 5.43 Å². The normalized spacial score (nSPS) is 10.5. The van der Waals surface area contributed by atoms with E-state index in [1.165, 1.54) is 26.5 Å². The molecule has 0 aliphatic carbocycles. The Morgan fingerprint density at radius 1 is 1.07 bits per heavy atom. The first kappa shape index (κ1) is 22.2. The van der Waals surface area contributed by atoms with Crippen LogP contribution in [0.4, 0.5) is 0 Å². The summed E-state index contributed by atoms with van der Waals surface area (Å²) in [6.45, 7) is 2.16. The van der Waals surface area contributed by atoms with Crippen molar-refractivity contribution in [2.75, 3.05) is 27.4 Å². The molecular formula is C20H22BrN3O5. The summed E-state index contributed by atoms with van der Waals surface area (Å²) in [6, 6.07) is 10.2. The van der Waals surface area contributed by atoms with Gasteiger partial charge in [0.1, 0.15) is 5.75 Å². The number of benzene rings is 2. The van der Waals surface area contributed by atoms with Gasteiger partial charge >= 0.3 is 0 Å². The lowest BCUT2D eigenvalue weighted by atomic mass is 10.2. The van der Waals surface area contributed by atoms with Crippen LogP contribution in [0.2, 0.25) is 0 Å². The third kappa shape index (κ3) is 6.49. The zero-order valence-electron chi connectivity index (χ0n) is 16.3. The number of nitrogens with one attached hydrogen (secondary N) is 2. The number of methoxy groups -OCH3 is 2. The Balaban J connectivity index is 1.91. The van der Waals surface area contributed by atoms with Crippen LogP contribution in [0.5, 0.6) is 17.2 Å². The first-order chi connectivity index (χ1) is 14.0. The van der Waals surface area contributed by atoms with Crippen molar-refractivity contribution < 1.29 is 23.8 Å². The fraction of sp³-hybridized carbons (Fsp3) is 0.250. The molecule has 0 aromatic heterocycles. The second-order valence-electron chi connectivity index (χ2n) is 5.66. The minimum absolute atomic E-state index is 0.235. The van der Waals surface area contributed by atoms with Gasteiger partial charge in [-0.1, -0.05) is 15.9 Å². The molecule has 2 amide bonds. The highest BCUT2D eigenvalue weighted by atomic mass is 79.9. The number of carbonyl (C=O) groups is 2. The maximum Gasteiger partial charge on any atom is 0.259 e. The van der Waals surface area contributed by atoms with Crippen LogP contribution < -0.4 is 25.0 Å². The molecule has 0 aliphatic rings. The third-order valence-electron chi connectivity index (χ3n) is 3.72. The molecule has 2 N–H and O–H groups in total. The van der Waals surface area contributed by atoms with Gasteiger partial charge in [0.15, 0.2) is 11.5 Å². The molecule has 8 nitrogen and oxygen atoms in total. The van der Waals surface area contributed by atoms with Crippen molar-refractivity contribution in [1.82, 2.24) is 10.7 Å². The average Bonchev–Trinajstić information content (AvgIpc) is 2.73. The van der Waals surface area contributed by atoms with E-state index < -0.39 is 11.8 Å². The summed E-state index contributed by atoms with van der Waals surface area (Å²) in [4.78, 5) is 24.2. The van der Waals surface area contributed by atoms with E-state index in [4.69, 9.17) is 14.2 Å². The molecule has 0 radical (unpaired) electrons. The Morgan fingerprint density at radius 3 is 2.48 bits per heavy atom. The molecule has 9 heteroatoms. The van der Waals surface area contributed by atoms with Crippen LogP contribution >= 0.6 is 15.9 Å². The van der Waals surface area contributed by atoms with Gasteiger partial charge in [0.2, 0.25) is 0 Å². The SMILES string of the molecule is CCOc1ccc(Br)cc1/C=N\NC(=O)CNC(=O)c1ccc(OC)c(OC)c1. The van der Waals surface area contributed by atoms with E-state index in [0.717, 1.165) is 4.47 Å². The van der Waals surface area contributed by atoms with Crippen LogP contribution in [0.15, 0.2) is 46.0 Å². The van der Waals surface area contributed by atoms with Crippen molar-refractivity contribution >= 4 is 34.0 Å². The number of nitrogens with zero attached hydrogens (tertiary/aromatic N) is 1. The van der Waals surface area contributed by atoms with Gasteiger partial charge in [-0.05, 0) is 43.3 Å². The summed E-state index contributed by atoms with van der Waals surface area (Å²) in [7, 11) is 2.99. The molecule has 0 atom stereocenters. The van der Waals surface area contributed by atoms with Gasteiger partial charge < -0.3 is 19.5 Å². The number of amides is 2. The fourth-order valence-electron chi connectivity index (χ4n) is 2.36. The van der Waals surface area contributed by atoms with Gasteiger partial charge in [-0.15, -0.1) is 0 Å². The molecule has 2 aromatic carbocycles. The summed E-state index contributed by atoms with van der Waals surface area (Å²) in [6.07, 6.45) is 1.48. The summed E-state index contributed by atoms with van der Waals surface area (Å²) in [5, 5.41) is 6.44. The minimum Gasteiger partial charge on any atom is -0.493 e. The molecule has 0 saturated heterocycles. The summed E-state index contributed by atoms with van der Waals surface area (Å²) in [5.41, 5.74) is 3.41. The molecule has 154 valence electrons. The molecule has 2 aromatic rings. The predicted molar refractivity (Wildman–Crippen MR) is 113 cm³/mol. The Labute approximate surface area is 177 Å². The Kier molecular flexibility index (Phi) is 8.47. The molecule has 0 fully saturated rings. The van der Waals surface area contributed by atoms with Gasteiger partial charge in [0, 0.05) is 15.6 Å². The zero-order chi connectivity index (χ0) is 21.2. The monoisotopic (exact) mass is 463 g/mol. The Bertz CT molecular complexity index is 902. The second-order valence-corrected chi connectivity index (χ2v) is 6.58. The fourth-order valence-corrected chi connectivity index (χ4v) is 2.74. The highest BCUT2D eigenvalue weighted by Crippen LogP contribution is 2.27. The molecule has 0 spiro atoms. The Hall–Kier alpha value is -3.07. The maximum atomic E-state index is 12.2. The highest BCUT2D eigenvalue weighted by molar-refractivity contribution is 9.10. The van der Waals surface area contributed by atoms with Crippen LogP contribution in [0.3, 0.4) is 0 Å². The van der Waals surface area contributed by atoms with E-state index in [1.54, 1.807) is 18.2 Å². The Morgan fingerprint density at radius 2 is 1.79 bits per heavy atom. The zero-order valence-corrected chi connectivity index (χ0v) is 17.9. The molecule has 2 rings (SSSR count). The summed E-state index contributed by atoms with van der Waals surface area (Å²) >= 11 is 3.38. The van der Waals surface area contributed by atoms with Gasteiger partial charge in [0.25, 0.3) is 11.8 Å². The first-order valence-electron chi connectivity index (χ1n) is 8.73. The van der Waals surface area contributed by atoms with Crippen LogP contribution in [0, 0.1) is 0 Å². The minimum atomic E-state index is -0.469. The number of rotatable bonds is 9. The molecule has 29 heavy (non-hydrogen) atoms. The maximum absolute atomic E-state index is 12.2. The highest BCUT2D eigenvalue weighted by Gasteiger charge is 2.11. The van der Waals surface area contributed by atoms with Crippen molar-refractivity contribution in [2.24, 2.45) is 5.10 Å². The molecule has 0 saturated carbocycles. The van der Waals surface area contributed by atoms with E-state index in [0.29, 0.717) is 35.0 Å². The number of hydrogen-bond donors (Lipinski definition) is 2. The van der Waals surface area contributed by atoms with Gasteiger partial charge in [-0.2, -0.15) is 5.10 Å². The predicted octanol–water partition coefficient (Wildman–Crippen LogP) is 2.75. The van der Waals surface area contributed by atoms with Crippen molar-refractivity contribution in [3.8, 4) is 17.2 Å². The number of hydrazone groups is 1. The molecule has 0 heterocycles. The second kappa shape index (κ2) is 11.1. The number of hydrogen-bond acceptors (Lipinski definition) is 6. The van der Waals surface area contributed by atoms with Crippen molar-refractivity contribution in [1.29, 1.82) is 0 Å². The number of carbonyl (C=O) groups excluding carboxylic acids is 2. The molecular weight excluding hydrogens is 442 g/mol. The van der Waals surface area contributed by atoms with E-state index in [2.05, 4.69) is 31.8 Å². The molecule has 0 unspecified atom stereocenters. The average molecular weight is 464 g/mol. The lowest BCUT2D eigenvalue weighted by Gasteiger charge is -2.09. The van der Waals surface area contributed by atoms with Gasteiger partial charge in [-0.3, -0.25) is 9.59 Å². The smallest absolute Gasteiger partial charge is 0.259 e. The standard InChI is InChI=1S/C20H22BrN3O5/c1-4-29-16-8-6-15(21)9-14(16)11-23-24-19(25)12-22-20(26)13-5-7-17(27-2)18(10-13)28-3/h5-11H,4,12H2,1-3H3,(H,22,26)(H,24,25)/b23-11-. The molecule has 0 bridgehead atoms. The molecule has 0 aliphatic heterocycles.